The van der Waals surface area contributed by atoms with E-state index in [0.29, 0.717) is 30.2 Å². The zero-order valence-corrected chi connectivity index (χ0v) is 14.9. The van der Waals surface area contributed by atoms with Crippen molar-refractivity contribution in [1.29, 1.82) is 0 Å². The molecule has 3 rings (SSSR count). The van der Waals surface area contributed by atoms with Gasteiger partial charge in [0.2, 0.25) is 0 Å². The third kappa shape index (κ3) is 4.00. The number of carbonyl (C=O) groups is 2. The topological polar surface area (TPSA) is 73.9 Å². The first-order valence-corrected chi connectivity index (χ1v) is 8.62. The molecule has 24 heavy (non-hydrogen) atoms. The first kappa shape index (κ1) is 17.5. The van der Waals surface area contributed by atoms with E-state index >= 15 is 0 Å². The highest BCUT2D eigenvalue weighted by atomic mass is 35.5. The molecule has 0 bridgehead atoms. The van der Waals surface area contributed by atoms with E-state index in [1.807, 2.05) is 0 Å². The average Bonchev–Trinajstić information content (AvgIpc) is 3.06. The molecule has 6 nitrogen and oxygen atoms in total. The van der Waals surface area contributed by atoms with E-state index in [2.05, 4.69) is 14.8 Å². The molecule has 2 aliphatic rings. The SMILES string of the molecule is O=C(COc1cccc(Cl)c1)NC[C@H]1C(OP)CC2OC(=O)C[C@@H]21. The molecule has 1 aliphatic heterocycles. The molecule has 3 unspecified atom stereocenters. The van der Waals surface area contributed by atoms with Gasteiger partial charge in [-0.25, -0.2) is 0 Å². The average molecular weight is 372 g/mol. The third-order valence-electron chi connectivity index (χ3n) is 4.53. The van der Waals surface area contributed by atoms with Crippen LogP contribution in [0.1, 0.15) is 12.8 Å². The fourth-order valence-electron chi connectivity index (χ4n) is 3.39. The predicted molar refractivity (Wildman–Crippen MR) is 90.6 cm³/mol. The highest BCUT2D eigenvalue weighted by Gasteiger charge is 2.50. The molecule has 0 aromatic heterocycles. The van der Waals surface area contributed by atoms with Gasteiger partial charge >= 0.3 is 5.97 Å². The lowest BCUT2D eigenvalue weighted by Gasteiger charge is -2.21. The van der Waals surface area contributed by atoms with Crippen LogP contribution >= 0.6 is 21.1 Å². The summed E-state index contributed by atoms with van der Waals surface area (Å²) >= 11 is 5.87. The van der Waals surface area contributed by atoms with Crippen LogP contribution < -0.4 is 10.1 Å². The summed E-state index contributed by atoms with van der Waals surface area (Å²) in [5.41, 5.74) is 0. The van der Waals surface area contributed by atoms with Gasteiger partial charge in [-0.3, -0.25) is 9.59 Å². The second-order valence-electron chi connectivity index (χ2n) is 6.02. The Bertz CT molecular complexity index is 628. The van der Waals surface area contributed by atoms with Crippen molar-refractivity contribution in [2.75, 3.05) is 13.2 Å². The van der Waals surface area contributed by atoms with Crippen molar-refractivity contribution in [2.24, 2.45) is 11.8 Å². The lowest BCUT2D eigenvalue weighted by Crippen LogP contribution is -2.38. The van der Waals surface area contributed by atoms with Crippen molar-refractivity contribution in [3.05, 3.63) is 29.3 Å². The Morgan fingerprint density at radius 1 is 1.46 bits per heavy atom. The van der Waals surface area contributed by atoms with E-state index in [0.717, 1.165) is 0 Å². The molecule has 5 atom stereocenters. The Labute approximate surface area is 147 Å². The molecular formula is C16H19ClNO5P. The van der Waals surface area contributed by atoms with Gasteiger partial charge in [0.15, 0.2) is 6.61 Å². The number of ether oxygens (including phenoxy) is 2. The van der Waals surface area contributed by atoms with Crippen molar-refractivity contribution in [3.63, 3.8) is 0 Å². The lowest BCUT2D eigenvalue weighted by molar-refractivity contribution is -0.141. The zero-order valence-electron chi connectivity index (χ0n) is 12.9. The monoisotopic (exact) mass is 371 g/mol. The standard InChI is InChI=1S/C16H19ClNO5P/c17-9-2-1-3-10(4-9)21-8-15(19)18-7-12-11-5-16(20)22-13(11)6-14(12)23-24/h1-4,11-14H,5-8,24H2,(H,18,19)/t11-,12-,13?,14?/m1/s1. The normalized spacial score (nSPS) is 28.3. The maximum atomic E-state index is 12.0. The summed E-state index contributed by atoms with van der Waals surface area (Å²) in [5, 5.41) is 3.40. The summed E-state index contributed by atoms with van der Waals surface area (Å²) in [6, 6.07) is 6.88. The molecule has 0 radical (unpaired) electrons. The van der Waals surface area contributed by atoms with Crippen LogP contribution in [0.15, 0.2) is 24.3 Å². The van der Waals surface area contributed by atoms with Crippen LogP contribution in [0.4, 0.5) is 0 Å². The molecule has 0 spiro atoms. The van der Waals surface area contributed by atoms with Gasteiger partial charge in [-0.2, -0.15) is 0 Å². The second-order valence-corrected chi connectivity index (χ2v) is 6.73. The molecule has 1 aliphatic carbocycles. The zero-order chi connectivity index (χ0) is 17.1. The van der Waals surface area contributed by atoms with E-state index in [1.54, 1.807) is 24.3 Å². The minimum atomic E-state index is -0.230. The van der Waals surface area contributed by atoms with Crippen molar-refractivity contribution in [2.45, 2.75) is 25.0 Å². The van der Waals surface area contributed by atoms with Gasteiger partial charge in [-0.15, -0.1) is 0 Å². The summed E-state index contributed by atoms with van der Waals surface area (Å²) < 4.78 is 16.1. The van der Waals surface area contributed by atoms with Gasteiger partial charge in [-0.1, -0.05) is 17.7 Å². The smallest absolute Gasteiger partial charge is 0.306 e. The minimum absolute atomic E-state index is 0.0488. The molecule has 1 aromatic carbocycles. The highest BCUT2D eigenvalue weighted by molar-refractivity contribution is 7.09. The Hall–Kier alpha value is -1.36. The predicted octanol–water partition coefficient (Wildman–Crippen LogP) is 1.96. The fraction of sp³-hybridized carbons (Fsp3) is 0.500. The molecule has 2 fully saturated rings. The fourth-order valence-corrected chi connectivity index (χ4v) is 3.88. The number of hydrogen-bond donors (Lipinski definition) is 1. The number of halogens is 1. The van der Waals surface area contributed by atoms with Gasteiger partial charge in [-0.05, 0) is 18.2 Å². The molecule has 8 heteroatoms. The minimum Gasteiger partial charge on any atom is -0.484 e. The van der Waals surface area contributed by atoms with E-state index < -0.39 is 0 Å². The molecule has 1 saturated carbocycles. The van der Waals surface area contributed by atoms with Crippen LogP contribution in [-0.4, -0.2) is 37.2 Å². The quantitative estimate of drug-likeness (QED) is 0.611. The summed E-state index contributed by atoms with van der Waals surface area (Å²) in [7, 11) is 2.26. The first-order valence-electron chi connectivity index (χ1n) is 7.77. The third-order valence-corrected chi connectivity index (χ3v) is 5.12. The summed E-state index contributed by atoms with van der Waals surface area (Å²) in [6.45, 7) is 0.331. The van der Waals surface area contributed by atoms with Crippen LogP contribution in [0.3, 0.4) is 0 Å². The molecule has 1 N–H and O–H groups in total. The second kappa shape index (κ2) is 7.68. The number of benzene rings is 1. The van der Waals surface area contributed by atoms with Crippen LogP contribution in [0, 0.1) is 11.8 Å². The van der Waals surface area contributed by atoms with Crippen LogP contribution in [0.5, 0.6) is 5.75 Å². The number of carbonyl (C=O) groups excluding carboxylic acids is 2. The van der Waals surface area contributed by atoms with Crippen LogP contribution in [0.25, 0.3) is 0 Å². The number of fused-ring (bicyclic) bond motifs is 1. The van der Waals surface area contributed by atoms with Gasteiger partial charge in [0.1, 0.15) is 11.9 Å². The summed E-state index contributed by atoms with van der Waals surface area (Å²) in [4.78, 5) is 23.4. The van der Waals surface area contributed by atoms with E-state index in [4.69, 9.17) is 25.6 Å². The van der Waals surface area contributed by atoms with E-state index in [9.17, 15) is 9.59 Å². The highest BCUT2D eigenvalue weighted by Crippen LogP contribution is 2.42. The Kier molecular flexibility index (Phi) is 5.59. The molecular weight excluding hydrogens is 353 g/mol. The van der Waals surface area contributed by atoms with Crippen molar-refractivity contribution >= 4 is 32.9 Å². The van der Waals surface area contributed by atoms with Gasteiger partial charge < -0.3 is 19.3 Å². The number of esters is 1. The van der Waals surface area contributed by atoms with Crippen molar-refractivity contribution in [3.8, 4) is 5.75 Å². The van der Waals surface area contributed by atoms with Crippen LogP contribution in [-0.2, 0) is 18.8 Å². The number of rotatable bonds is 6. The Morgan fingerprint density at radius 2 is 2.29 bits per heavy atom. The summed E-state index contributed by atoms with van der Waals surface area (Å²) in [5.74, 6) is 0.282. The van der Waals surface area contributed by atoms with Gasteiger partial charge in [0.05, 0.1) is 12.5 Å². The number of hydrogen-bond acceptors (Lipinski definition) is 5. The first-order chi connectivity index (χ1) is 11.6. The summed E-state index contributed by atoms with van der Waals surface area (Å²) in [6.07, 6.45) is 0.897. The molecule has 1 amide bonds. The largest absolute Gasteiger partial charge is 0.484 e. The van der Waals surface area contributed by atoms with Crippen molar-refractivity contribution in [1.82, 2.24) is 5.32 Å². The maximum Gasteiger partial charge on any atom is 0.306 e. The van der Waals surface area contributed by atoms with Gasteiger partial charge in [0, 0.05) is 39.3 Å². The molecule has 130 valence electrons. The Balaban J connectivity index is 1.49. The maximum absolute atomic E-state index is 12.0. The van der Waals surface area contributed by atoms with E-state index in [1.165, 1.54) is 0 Å². The molecule has 1 saturated heterocycles. The number of nitrogens with one attached hydrogen (secondary N) is 1. The lowest BCUT2D eigenvalue weighted by atomic mass is 9.92. The van der Waals surface area contributed by atoms with Gasteiger partial charge in [0.25, 0.3) is 5.91 Å². The number of amides is 1. The molecule has 1 aromatic rings. The molecule has 1 heterocycles. The van der Waals surface area contributed by atoms with Crippen LogP contribution in [0.2, 0.25) is 5.02 Å². The van der Waals surface area contributed by atoms with E-state index in [-0.39, 0.29) is 42.5 Å². The van der Waals surface area contributed by atoms with Crippen molar-refractivity contribution < 1.29 is 23.6 Å². The Morgan fingerprint density at radius 3 is 3.04 bits per heavy atom.